The molecule has 0 spiro atoms. The Balaban J connectivity index is 2.09. The number of ether oxygens (including phenoxy) is 6. The number of rotatable bonds is 13. The molecular formula is C29H38N4O10S. The Morgan fingerprint density at radius 1 is 1.00 bits per heavy atom. The lowest BCUT2D eigenvalue weighted by Gasteiger charge is -2.45. The van der Waals surface area contributed by atoms with Crippen molar-refractivity contribution in [2.45, 2.75) is 77.7 Å². The molecule has 1 fully saturated rings. The first-order chi connectivity index (χ1) is 20.9. The first kappa shape index (κ1) is 34.3. The maximum atomic E-state index is 12.4. The maximum Gasteiger partial charge on any atom is 0.303 e. The van der Waals surface area contributed by atoms with Crippen LogP contribution in [0.4, 0.5) is 0 Å². The second kappa shape index (κ2) is 15.5. The van der Waals surface area contributed by atoms with Crippen molar-refractivity contribution >= 4 is 36.0 Å². The number of carbonyl (C=O) groups is 4. The van der Waals surface area contributed by atoms with Crippen LogP contribution in [0.25, 0.3) is 0 Å². The summed E-state index contributed by atoms with van der Waals surface area (Å²) in [4.78, 5) is 48.4. The van der Waals surface area contributed by atoms with Crippen LogP contribution in [0.3, 0.4) is 0 Å². The van der Waals surface area contributed by atoms with Gasteiger partial charge in [0.15, 0.2) is 29.9 Å². The molecule has 0 aliphatic carbocycles. The molecule has 0 bridgehead atoms. The van der Waals surface area contributed by atoms with Crippen molar-refractivity contribution in [3.63, 3.8) is 0 Å². The summed E-state index contributed by atoms with van der Waals surface area (Å²) in [5, 5.41) is 7.51. The quantitative estimate of drug-likeness (QED) is 0.148. The molecule has 3 rings (SSSR count). The Kier molecular flexibility index (Phi) is 12.0. The number of methoxy groups -OCH3 is 2. The molecule has 1 aliphatic rings. The number of aromatic nitrogens is 3. The van der Waals surface area contributed by atoms with Crippen molar-refractivity contribution in [3.05, 3.63) is 47.0 Å². The molecule has 5 atom stereocenters. The number of benzene rings is 1. The van der Waals surface area contributed by atoms with Crippen LogP contribution in [0.1, 0.15) is 45.3 Å². The monoisotopic (exact) mass is 634 g/mol. The van der Waals surface area contributed by atoms with Crippen molar-refractivity contribution < 1.29 is 47.6 Å². The van der Waals surface area contributed by atoms with Gasteiger partial charge in [-0.05, 0) is 36.3 Å². The van der Waals surface area contributed by atoms with Gasteiger partial charge < -0.3 is 38.3 Å². The van der Waals surface area contributed by atoms with Gasteiger partial charge in [-0.15, -0.1) is 6.58 Å². The third-order valence-electron chi connectivity index (χ3n) is 6.69. The lowest BCUT2D eigenvalue weighted by atomic mass is 9.95. The fourth-order valence-corrected chi connectivity index (χ4v) is 5.25. The van der Waals surface area contributed by atoms with Crippen molar-refractivity contribution in [2.75, 3.05) is 20.8 Å². The summed E-state index contributed by atoms with van der Waals surface area (Å²) in [6.07, 6.45) is -2.09. The normalized spacial score (nSPS) is 21.1. The van der Waals surface area contributed by atoms with Crippen LogP contribution in [-0.2, 0) is 57.5 Å². The standard InChI is InChI=1S/C29H38N4O10S/c1-8-13-32-24(12-10-20-9-11-21(38-6)22(14-20)39-7)31-33(29(32)44)28-25(30-16(2)34)27(42-19(5)37)26(41-18(4)36)23(43-28)15-40-17(3)35/h8-9,11,14,23,25-28H,1,10,12-13,15H2,2-7H3,(H,30,34)/t23-,25-,26-,27-,28-/m1/s1. The number of hydrogen-bond acceptors (Lipinski definition) is 12. The second-order valence-corrected chi connectivity index (χ2v) is 10.3. The molecule has 1 aromatic carbocycles. The minimum absolute atomic E-state index is 0.228. The van der Waals surface area contributed by atoms with Gasteiger partial charge in [0.25, 0.3) is 0 Å². The lowest BCUT2D eigenvalue weighted by molar-refractivity contribution is -0.239. The van der Waals surface area contributed by atoms with E-state index in [-0.39, 0.29) is 11.4 Å². The molecule has 0 radical (unpaired) electrons. The number of hydrogen-bond donors (Lipinski definition) is 1. The lowest BCUT2D eigenvalue weighted by Crippen LogP contribution is -2.64. The van der Waals surface area contributed by atoms with Gasteiger partial charge in [0.05, 0.1) is 14.2 Å². The van der Waals surface area contributed by atoms with Gasteiger partial charge in [-0.3, -0.25) is 19.2 Å². The van der Waals surface area contributed by atoms with E-state index >= 15 is 0 Å². The van der Waals surface area contributed by atoms with E-state index in [4.69, 9.17) is 45.7 Å². The van der Waals surface area contributed by atoms with Crippen molar-refractivity contribution in [1.29, 1.82) is 0 Å². The summed E-state index contributed by atoms with van der Waals surface area (Å²) in [6, 6.07) is 4.50. The van der Waals surface area contributed by atoms with E-state index < -0.39 is 54.4 Å². The Labute approximate surface area is 260 Å². The van der Waals surface area contributed by atoms with E-state index in [0.717, 1.165) is 5.56 Å². The third-order valence-corrected chi connectivity index (χ3v) is 7.10. The number of allylic oxidation sites excluding steroid dienone is 1. The van der Waals surface area contributed by atoms with Crippen molar-refractivity contribution in [1.82, 2.24) is 19.7 Å². The summed E-state index contributed by atoms with van der Waals surface area (Å²) in [6.45, 7) is 8.64. The zero-order chi connectivity index (χ0) is 32.6. The molecular weight excluding hydrogens is 596 g/mol. The summed E-state index contributed by atoms with van der Waals surface area (Å²) in [5.74, 6) is -0.720. The van der Waals surface area contributed by atoms with E-state index in [1.807, 2.05) is 18.2 Å². The molecule has 1 N–H and O–H groups in total. The zero-order valence-corrected chi connectivity index (χ0v) is 26.4. The maximum absolute atomic E-state index is 12.4. The highest BCUT2D eigenvalue weighted by molar-refractivity contribution is 7.71. The second-order valence-electron chi connectivity index (χ2n) is 9.97. The molecule has 0 saturated carbocycles. The molecule has 2 heterocycles. The fraction of sp³-hybridized carbons (Fsp3) is 0.517. The third kappa shape index (κ3) is 8.44. The molecule has 1 aromatic heterocycles. The first-order valence-electron chi connectivity index (χ1n) is 13.8. The smallest absolute Gasteiger partial charge is 0.303 e. The molecule has 240 valence electrons. The van der Waals surface area contributed by atoms with Crippen LogP contribution in [0.15, 0.2) is 30.9 Å². The summed E-state index contributed by atoms with van der Waals surface area (Å²) < 4.78 is 36.7. The Bertz CT molecular complexity index is 1440. The number of nitrogens with zero attached hydrogens (tertiary/aromatic N) is 3. The minimum Gasteiger partial charge on any atom is -0.493 e. The van der Waals surface area contributed by atoms with E-state index in [1.165, 1.54) is 32.4 Å². The number of nitrogens with one attached hydrogen (secondary N) is 1. The van der Waals surface area contributed by atoms with E-state index in [0.29, 0.717) is 36.7 Å². The van der Waals surface area contributed by atoms with Gasteiger partial charge in [-0.25, -0.2) is 4.68 Å². The van der Waals surface area contributed by atoms with Crippen molar-refractivity contribution in [3.8, 4) is 11.5 Å². The average Bonchev–Trinajstić information content (AvgIpc) is 3.26. The van der Waals surface area contributed by atoms with E-state index in [1.54, 1.807) is 24.9 Å². The Hall–Kier alpha value is -4.24. The van der Waals surface area contributed by atoms with Crippen LogP contribution in [0.5, 0.6) is 11.5 Å². The largest absolute Gasteiger partial charge is 0.493 e. The van der Waals surface area contributed by atoms with Crippen molar-refractivity contribution in [2.24, 2.45) is 0 Å². The molecule has 15 heteroatoms. The van der Waals surface area contributed by atoms with Crippen LogP contribution in [0, 0.1) is 4.77 Å². The van der Waals surface area contributed by atoms with E-state index in [9.17, 15) is 19.2 Å². The number of carbonyl (C=O) groups excluding carboxylic acids is 4. The molecule has 0 unspecified atom stereocenters. The average molecular weight is 635 g/mol. The molecule has 44 heavy (non-hydrogen) atoms. The molecule has 1 amide bonds. The highest BCUT2D eigenvalue weighted by Crippen LogP contribution is 2.33. The van der Waals surface area contributed by atoms with Crippen LogP contribution < -0.4 is 14.8 Å². The number of amides is 1. The highest BCUT2D eigenvalue weighted by atomic mass is 32.1. The minimum atomic E-state index is -1.25. The molecule has 1 saturated heterocycles. The highest BCUT2D eigenvalue weighted by Gasteiger charge is 2.52. The number of esters is 3. The molecule has 14 nitrogen and oxygen atoms in total. The first-order valence-corrected chi connectivity index (χ1v) is 14.2. The molecule has 1 aliphatic heterocycles. The predicted octanol–water partition coefficient (Wildman–Crippen LogP) is 2.23. The predicted molar refractivity (Wildman–Crippen MR) is 157 cm³/mol. The van der Waals surface area contributed by atoms with Gasteiger partial charge in [0.1, 0.15) is 24.6 Å². The van der Waals surface area contributed by atoms with E-state index in [2.05, 4.69) is 11.9 Å². The summed E-state index contributed by atoms with van der Waals surface area (Å²) >= 11 is 5.81. The van der Waals surface area contributed by atoms with Crippen LogP contribution in [-0.4, -0.2) is 83.3 Å². The summed E-state index contributed by atoms with van der Waals surface area (Å²) in [5.41, 5.74) is 0.957. The van der Waals surface area contributed by atoms with Crippen LogP contribution in [0.2, 0.25) is 0 Å². The molecule has 2 aromatic rings. The van der Waals surface area contributed by atoms with Gasteiger partial charge in [-0.2, -0.15) is 5.10 Å². The van der Waals surface area contributed by atoms with Gasteiger partial charge in [0.2, 0.25) is 10.7 Å². The van der Waals surface area contributed by atoms with Gasteiger partial charge in [-0.1, -0.05) is 12.1 Å². The fourth-order valence-electron chi connectivity index (χ4n) is 4.93. The van der Waals surface area contributed by atoms with Crippen LogP contribution >= 0.6 is 12.2 Å². The van der Waals surface area contributed by atoms with Gasteiger partial charge >= 0.3 is 17.9 Å². The zero-order valence-electron chi connectivity index (χ0n) is 25.6. The Morgan fingerprint density at radius 2 is 1.66 bits per heavy atom. The summed E-state index contributed by atoms with van der Waals surface area (Å²) in [7, 11) is 3.12. The topological polar surface area (TPSA) is 158 Å². The SMILES string of the molecule is C=CCn1c(CCc2ccc(OC)c(OC)c2)nn([C@@H]2O[C@H](COC(C)=O)[C@@H](OC(C)=O)[C@H](OC(C)=O)[C@H]2NC(C)=O)c1=S. The number of aryl methyl sites for hydroxylation is 2. The Morgan fingerprint density at radius 3 is 2.23 bits per heavy atom. The van der Waals surface area contributed by atoms with Gasteiger partial charge in [0, 0.05) is 40.7 Å².